The lowest BCUT2D eigenvalue weighted by Gasteiger charge is -2.27. The SMILES string of the molecule is O=C(C(=S)C(=O)N(Cc1ccccc1)Cc1ccccc1)N(Cc1ccccc1)Cc1ccccc1. The first kappa shape index (κ1) is 25.0. The number of carbonyl (C=O) groups excluding carboxylic acids is 2. The van der Waals surface area contributed by atoms with E-state index in [4.69, 9.17) is 12.2 Å². The third-order valence-corrected chi connectivity index (χ3v) is 6.18. The first-order valence-electron chi connectivity index (χ1n) is 11.9. The molecule has 0 fully saturated rings. The number of rotatable bonds is 10. The Morgan fingerprint density at radius 3 is 0.889 bits per heavy atom. The zero-order valence-electron chi connectivity index (χ0n) is 20.0. The minimum Gasteiger partial charge on any atom is -0.329 e. The van der Waals surface area contributed by atoms with Crippen LogP contribution in [0.2, 0.25) is 0 Å². The van der Waals surface area contributed by atoms with Crippen molar-refractivity contribution >= 4 is 28.9 Å². The van der Waals surface area contributed by atoms with Crippen molar-refractivity contribution in [1.82, 2.24) is 9.80 Å². The summed E-state index contributed by atoms with van der Waals surface area (Å²) in [5.74, 6) is -0.873. The Kier molecular flexibility index (Phi) is 8.73. The molecular formula is C31H28N2O2S. The molecule has 0 saturated carbocycles. The molecule has 180 valence electrons. The van der Waals surface area contributed by atoms with Gasteiger partial charge in [-0.2, -0.15) is 0 Å². The maximum atomic E-state index is 13.6. The van der Waals surface area contributed by atoms with E-state index < -0.39 is 11.8 Å². The van der Waals surface area contributed by atoms with E-state index in [-0.39, 0.29) is 4.86 Å². The van der Waals surface area contributed by atoms with E-state index in [0.717, 1.165) is 22.3 Å². The quantitative estimate of drug-likeness (QED) is 0.207. The Bertz CT molecular complexity index is 1100. The third-order valence-electron chi connectivity index (χ3n) is 5.83. The molecule has 36 heavy (non-hydrogen) atoms. The van der Waals surface area contributed by atoms with E-state index in [2.05, 4.69) is 0 Å². The van der Waals surface area contributed by atoms with Gasteiger partial charge in [-0.3, -0.25) is 9.59 Å². The van der Waals surface area contributed by atoms with Crippen molar-refractivity contribution in [2.45, 2.75) is 26.2 Å². The van der Waals surface area contributed by atoms with Crippen LogP contribution in [0.1, 0.15) is 22.3 Å². The summed E-state index contributed by atoms with van der Waals surface area (Å²) in [6, 6.07) is 39.0. The topological polar surface area (TPSA) is 40.6 Å². The molecule has 4 aromatic carbocycles. The van der Waals surface area contributed by atoms with E-state index >= 15 is 0 Å². The van der Waals surface area contributed by atoms with Gasteiger partial charge in [0.15, 0.2) is 4.86 Å². The smallest absolute Gasteiger partial charge is 0.271 e. The normalized spacial score (nSPS) is 10.4. The molecule has 0 aliphatic carbocycles. The number of benzene rings is 4. The molecule has 5 heteroatoms. The number of amides is 2. The van der Waals surface area contributed by atoms with E-state index in [9.17, 15) is 9.59 Å². The third kappa shape index (κ3) is 6.96. The molecule has 0 unspecified atom stereocenters. The van der Waals surface area contributed by atoms with Crippen molar-refractivity contribution in [3.8, 4) is 0 Å². The molecule has 0 heterocycles. The Hall–Kier alpha value is -4.09. The van der Waals surface area contributed by atoms with Gasteiger partial charge in [-0.25, -0.2) is 0 Å². The van der Waals surface area contributed by atoms with Crippen LogP contribution < -0.4 is 0 Å². The van der Waals surface area contributed by atoms with Crippen LogP contribution in [0.4, 0.5) is 0 Å². The second kappa shape index (κ2) is 12.6. The molecule has 4 nitrogen and oxygen atoms in total. The summed E-state index contributed by atoms with van der Waals surface area (Å²) in [5.41, 5.74) is 3.90. The van der Waals surface area contributed by atoms with Gasteiger partial charge in [0.05, 0.1) is 0 Å². The van der Waals surface area contributed by atoms with Crippen LogP contribution in [0.15, 0.2) is 121 Å². The van der Waals surface area contributed by atoms with Crippen LogP contribution in [0.25, 0.3) is 0 Å². The number of carbonyl (C=O) groups is 2. The van der Waals surface area contributed by atoms with Crippen LogP contribution in [0, 0.1) is 0 Å². The molecule has 0 aromatic heterocycles. The van der Waals surface area contributed by atoms with Gasteiger partial charge in [0.25, 0.3) is 11.8 Å². The average molecular weight is 493 g/mol. The molecular weight excluding hydrogens is 464 g/mol. The molecule has 0 aliphatic rings. The summed E-state index contributed by atoms with van der Waals surface area (Å²) >= 11 is 5.53. The Labute approximate surface area is 217 Å². The van der Waals surface area contributed by atoms with Crippen LogP contribution in [-0.4, -0.2) is 26.5 Å². The molecule has 0 atom stereocenters. The lowest BCUT2D eigenvalue weighted by molar-refractivity contribution is -0.129. The molecule has 0 spiro atoms. The lowest BCUT2D eigenvalue weighted by atomic mass is 10.1. The molecule has 4 rings (SSSR count). The first-order chi connectivity index (χ1) is 17.6. The predicted molar refractivity (Wildman–Crippen MR) is 147 cm³/mol. The van der Waals surface area contributed by atoms with E-state index in [1.54, 1.807) is 9.80 Å². The van der Waals surface area contributed by atoms with Gasteiger partial charge in [0.2, 0.25) is 0 Å². The van der Waals surface area contributed by atoms with Crippen molar-refractivity contribution < 1.29 is 9.59 Å². The second-order valence-electron chi connectivity index (χ2n) is 8.59. The Balaban J connectivity index is 1.57. The Morgan fingerprint density at radius 1 is 0.444 bits per heavy atom. The van der Waals surface area contributed by atoms with Gasteiger partial charge in [0.1, 0.15) is 0 Å². The second-order valence-corrected chi connectivity index (χ2v) is 9.00. The van der Waals surface area contributed by atoms with Gasteiger partial charge in [-0.15, -0.1) is 0 Å². The van der Waals surface area contributed by atoms with Crippen molar-refractivity contribution in [2.75, 3.05) is 0 Å². The first-order valence-corrected chi connectivity index (χ1v) is 12.3. The number of hydrogen-bond acceptors (Lipinski definition) is 3. The van der Waals surface area contributed by atoms with Crippen LogP contribution >= 0.6 is 12.2 Å². The summed E-state index contributed by atoms with van der Waals surface area (Å²) in [6.07, 6.45) is 0. The van der Waals surface area contributed by atoms with Crippen LogP contribution in [0.5, 0.6) is 0 Å². The highest BCUT2D eigenvalue weighted by molar-refractivity contribution is 7.84. The number of thiocarbonyl (C=S) groups is 1. The highest BCUT2D eigenvalue weighted by Crippen LogP contribution is 2.15. The Morgan fingerprint density at radius 2 is 0.667 bits per heavy atom. The minimum atomic E-state index is -0.436. The summed E-state index contributed by atoms with van der Waals surface area (Å²) in [4.78, 5) is 30.4. The van der Waals surface area contributed by atoms with E-state index in [1.165, 1.54) is 0 Å². The fourth-order valence-electron chi connectivity index (χ4n) is 3.99. The lowest BCUT2D eigenvalue weighted by Crippen LogP contribution is -2.44. The highest BCUT2D eigenvalue weighted by Gasteiger charge is 2.28. The van der Waals surface area contributed by atoms with Crippen LogP contribution in [-0.2, 0) is 35.8 Å². The van der Waals surface area contributed by atoms with Crippen molar-refractivity contribution in [3.63, 3.8) is 0 Å². The minimum absolute atomic E-state index is 0.200. The fourth-order valence-corrected chi connectivity index (χ4v) is 4.25. The van der Waals surface area contributed by atoms with E-state index in [0.29, 0.717) is 26.2 Å². The molecule has 4 aromatic rings. The molecule has 0 N–H and O–H groups in total. The monoisotopic (exact) mass is 492 g/mol. The maximum absolute atomic E-state index is 13.6. The largest absolute Gasteiger partial charge is 0.329 e. The van der Waals surface area contributed by atoms with Gasteiger partial charge in [-0.05, 0) is 22.3 Å². The van der Waals surface area contributed by atoms with Gasteiger partial charge in [0, 0.05) is 26.2 Å². The zero-order valence-corrected chi connectivity index (χ0v) is 20.8. The predicted octanol–water partition coefficient (Wildman–Crippen LogP) is 5.81. The fraction of sp³-hybridized carbons (Fsp3) is 0.129. The average Bonchev–Trinajstić information content (AvgIpc) is 2.93. The number of hydrogen-bond donors (Lipinski definition) is 0. The van der Waals surface area contributed by atoms with Gasteiger partial charge < -0.3 is 9.80 Å². The summed E-state index contributed by atoms with van der Waals surface area (Å²) in [7, 11) is 0. The summed E-state index contributed by atoms with van der Waals surface area (Å²) in [6.45, 7) is 1.44. The van der Waals surface area contributed by atoms with Gasteiger partial charge in [-0.1, -0.05) is 134 Å². The van der Waals surface area contributed by atoms with E-state index in [1.807, 2.05) is 121 Å². The van der Waals surface area contributed by atoms with Crippen molar-refractivity contribution in [2.24, 2.45) is 0 Å². The summed E-state index contributed by atoms with van der Waals surface area (Å²) < 4.78 is 0. The highest BCUT2D eigenvalue weighted by atomic mass is 32.1. The molecule has 0 bridgehead atoms. The summed E-state index contributed by atoms with van der Waals surface area (Å²) in [5, 5.41) is 0. The molecule has 0 aliphatic heterocycles. The van der Waals surface area contributed by atoms with Crippen molar-refractivity contribution in [3.05, 3.63) is 144 Å². The molecule has 0 radical (unpaired) electrons. The van der Waals surface area contributed by atoms with Crippen LogP contribution in [0.3, 0.4) is 0 Å². The maximum Gasteiger partial charge on any atom is 0.271 e. The standard InChI is InChI=1S/C31H28N2O2S/c34-30(32(21-25-13-5-1-6-14-25)22-26-15-7-2-8-16-26)29(36)31(35)33(23-27-17-9-3-10-18-27)24-28-19-11-4-12-20-28/h1-20H,21-24H2. The zero-order chi connectivity index (χ0) is 25.2. The molecule has 0 saturated heterocycles. The van der Waals surface area contributed by atoms with Gasteiger partial charge >= 0.3 is 0 Å². The number of nitrogens with zero attached hydrogens (tertiary/aromatic N) is 2. The van der Waals surface area contributed by atoms with Crippen molar-refractivity contribution in [1.29, 1.82) is 0 Å². The molecule has 2 amide bonds.